The molecule has 5 aromatic rings. The second-order valence-electron chi connectivity index (χ2n) is 8.62. The molecular formula is C31H25N3. The Labute approximate surface area is 199 Å². The standard InChI is InChI=1S/C31H25N3/c1-2-6-28(7-3-1)33-29-13-8-23(9-14-29)24-10-15-30(16-11-24)34-20-18-26-21-25(12-17-31(26)34)27-5-4-19-32-22-27/h1-6,8-22,28,33H,7H2. The lowest BCUT2D eigenvalue weighted by Crippen LogP contribution is -2.16. The van der Waals surface area contributed by atoms with Crippen LogP contribution in [0.1, 0.15) is 6.42 Å². The number of fused-ring (bicyclic) bond motifs is 1. The Hall–Kier alpha value is -4.37. The van der Waals surface area contributed by atoms with Gasteiger partial charge in [-0.3, -0.25) is 4.98 Å². The van der Waals surface area contributed by atoms with E-state index in [1.807, 2.05) is 12.3 Å². The number of hydrogen-bond donors (Lipinski definition) is 1. The molecular weight excluding hydrogens is 414 g/mol. The van der Waals surface area contributed by atoms with E-state index in [1.165, 1.54) is 27.6 Å². The molecule has 1 atom stereocenters. The van der Waals surface area contributed by atoms with Crippen molar-refractivity contribution in [2.24, 2.45) is 0 Å². The van der Waals surface area contributed by atoms with E-state index in [0.29, 0.717) is 6.04 Å². The Morgan fingerprint density at radius 2 is 1.56 bits per heavy atom. The quantitative estimate of drug-likeness (QED) is 0.305. The third-order valence-corrected chi connectivity index (χ3v) is 6.38. The van der Waals surface area contributed by atoms with Crippen LogP contribution in [0.5, 0.6) is 0 Å². The van der Waals surface area contributed by atoms with Gasteiger partial charge in [0.25, 0.3) is 0 Å². The van der Waals surface area contributed by atoms with E-state index in [-0.39, 0.29) is 0 Å². The van der Waals surface area contributed by atoms with E-state index >= 15 is 0 Å². The van der Waals surface area contributed by atoms with Crippen LogP contribution in [0.25, 0.3) is 38.8 Å². The van der Waals surface area contributed by atoms with Gasteiger partial charge in [0, 0.05) is 47.0 Å². The predicted octanol–water partition coefficient (Wildman–Crippen LogP) is 7.66. The van der Waals surface area contributed by atoms with Gasteiger partial charge in [0.15, 0.2) is 0 Å². The van der Waals surface area contributed by atoms with Gasteiger partial charge < -0.3 is 9.88 Å². The van der Waals surface area contributed by atoms with Gasteiger partial charge >= 0.3 is 0 Å². The lowest BCUT2D eigenvalue weighted by Gasteiger charge is -2.16. The predicted molar refractivity (Wildman–Crippen MR) is 142 cm³/mol. The van der Waals surface area contributed by atoms with Crippen molar-refractivity contribution in [2.75, 3.05) is 5.32 Å². The first kappa shape index (κ1) is 20.3. The minimum atomic E-state index is 0.368. The fourth-order valence-corrected chi connectivity index (χ4v) is 4.56. The summed E-state index contributed by atoms with van der Waals surface area (Å²) >= 11 is 0. The van der Waals surface area contributed by atoms with Crippen molar-refractivity contribution in [1.82, 2.24) is 9.55 Å². The van der Waals surface area contributed by atoms with Crippen LogP contribution < -0.4 is 5.32 Å². The van der Waals surface area contributed by atoms with Crippen molar-refractivity contribution in [3.05, 3.63) is 128 Å². The minimum absolute atomic E-state index is 0.368. The van der Waals surface area contributed by atoms with Crippen LogP contribution >= 0.6 is 0 Å². The molecule has 6 rings (SSSR count). The summed E-state index contributed by atoms with van der Waals surface area (Å²) in [5, 5.41) is 4.79. The molecule has 3 aromatic carbocycles. The molecule has 1 N–H and O–H groups in total. The van der Waals surface area contributed by atoms with Gasteiger partial charge in [-0.05, 0) is 71.6 Å². The van der Waals surface area contributed by atoms with E-state index in [9.17, 15) is 0 Å². The molecule has 0 saturated heterocycles. The third-order valence-electron chi connectivity index (χ3n) is 6.38. The van der Waals surface area contributed by atoms with E-state index in [1.54, 1.807) is 6.20 Å². The summed E-state index contributed by atoms with van der Waals surface area (Å²) in [5.74, 6) is 0. The molecule has 0 aliphatic heterocycles. The summed E-state index contributed by atoms with van der Waals surface area (Å²) < 4.78 is 2.24. The maximum atomic E-state index is 4.24. The third kappa shape index (κ3) is 4.04. The molecule has 0 bridgehead atoms. The molecule has 34 heavy (non-hydrogen) atoms. The van der Waals surface area contributed by atoms with Gasteiger partial charge in [0.1, 0.15) is 0 Å². The van der Waals surface area contributed by atoms with Crippen LogP contribution in [0.2, 0.25) is 0 Å². The van der Waals surface area contributed by atoms with Crippen LogP contribution in [0, 0.1) is 0 Å². The monoisotopic (exact) mass is 439 g/mol. The average molecular weight is 440 g/mol. The fraction of sp³-hybridized carbons (Fsp3) is 0.0645. The number of nitrogens with one attached hydrogen (secondary N) is 1. The summed E-state index contributed by atoms with van der Waals surface area (Å²) in [6.07, 6.45) is 15.5. The molecule has 3 heteroatoms. The minimum Gasteiger partial charge on any atom is -0.379 e. The highest BCUT2D eigenvalue weighted by Gasteiger charge is 2.08. The fourth-order valence-electron chi connectivity index (χ4n) is 4.56. The van der Waals surface area contributed by atoms with Crippen molar-refractivity contribution in [1.29, 1.82) is 0 Å². The number of nitrogens with zero attached hydrogens (tertiary/aromatic N) is 2. The van der Waals surface area contributed by atoms with Crippen molar-refractivity contribution in [3.63, 3.8) is 0 Å². The lowest BCUT2D eigenvalue weighted by molar-refractivity contribution is 0.883. The van der Waals surface area contributed by atoms with Gasteiger partial charge in [-0.25, -0.2) is 0 Å². The molecule has 0 spiro atoms. The van der Waals surface area contributed by atoms with E-state index in [4.69, 9.17) is 0 Å². The number of aromatic nitrogens is 2. The van der Waals surface area contributed by atoms with Crippen molar-refractivity contribution >= 4 is 16.6 Å². The average Bonchev–Trinajstić information content (AvgIpc) is 3.34. The normalized spacial score (nSPS) is 15.0. The Morgan fingerprint density at radius 1 is 0.765 bits per heavy atom. The van der Waals surface area contributed by atoms with Crippen LogP contribution in [-0.2, 0) is 0 Å². The maximum absolute atomic E-state index is 4.24. The molecule has 1 aliphatic rings. The van der Waals surface area contributed by atoms with Crippen molar-refractivity contribution < 1.29 is 0 Å². The SMILES string of the molecule is C1=CCC(Nc2ccc(-c3ccc(-n4ccc5cc(-c6cccnc6)ccc54)cc3)cc2)C=C1. The Kier molecular flexibility index (Phi) is 5.29. The number of pyridine rings is 1. The second-order valence-corrected chi connectivity index (χ2v) is 8.62. The summed E-state index contributed by atoms with van der Waals surface area (Å²) in [5.41, 5.74) is 8.25. The zero-order valence-electron chi connectivity index (χ0n) is 18.8. The summed E-state index contributed by atoms with van der Waals surface area (Å²) in [4.78, 5) is 4.24. The summed E-state index contributed by atoms with van der Waals surface area (Å²) in [7, 11) is 0. The van der Waals surface area contributed by atoms with Gasteiger partial charge in [-0.15, -0.1) is 0 Å². The smallest absolute Gasteiger partial charge is 0.0528 e. The molecule has 164 valence electrons. The number of benzene rings is 3. The van der Waals surface area contributed by atoms with Crippen LogP contribution in [0.4, 0.5) is 5.69 Å². The van der Waals surface area contributed by atoms with E-state index in [0.717, 1.165) is 23.4 Å². The largest absolute Gasteiger partial charge is 0.379 e. The first-order valence-corrected chi connectivity index (χ1v) is 11.7. The first-order chi connectivity index (χ1) is 16.8. The molecule has 3 nitrogen and oxygen atoms in total. The summed E-state index contributed by atoms with van der Waals surface area (Å²) in [6.45, 7) is 0. The maximum Gasteiger partial charge on any atom is 0.0528 e. The summed E-state index contributed by atoms with van der Waals surface area (Å²) in [6, 6.07) is 30.7. The Bertz CT molecular complexity index is 1470. The highest BCUT2D eigenvalue weighted by Crippen LogP contribution is 2.28. The van der Waals surface area contributed by atoms with E-state index in [2.05, 4.69) is 124 Å². The topological polar surface area (TPSA) is 29.9 Å². The van der Waals surface area contributed by atoms with Crippen LogP contribution in [0.3, 0.4) is 0 Å². The molecule has 0 radical (unpaired) electrons. The molecule has 0 amide bonds. The van der Waals surface area contributed by atoms with Crippen molar-refractivity contribution in [2.45, 2.75) is 12.5 Å². The highest BCUT2D eigenvalue weighted by molar-refractivity contribution is 5.87. The van der Waals surface area contributed by atoms with Crippen molar-refractivity contribution in [3.8, 4) is 27.9 Å². The van der Waals surface area contributed by atoms with Crippen LogP contribution in [0.15, 0.2) is 128 Å². The van der Waals surface area contributed by atoms with Gasteiger partial charge in [-0.1, -0.05) is 60.7 Å². The molecule has 2 heterocycles. The van der Waals surface area contributed by atoms with Gasteiger partial charge in [0.2, 0.25) is 0 Å². The molecule has 2 aromatic heterocycles. The lowest BCUT2D eigenvalue weighted by atomic mass is 10.0. The zero-order valence-corrected chi connectivity index (χ0v) is 18.8. The zero-order chi connectivity index (χ0) is 22.7. The Balaban J connectivity index is 1.22. The first-order valence-electron chi connectivity index (χ1n) is 11.7. The highest BCUT2D eigenvalue weighted by atomic mass is 15.0. The van der Waals surface area contributed by atoms with E-state index < -0.39 is 0 Å². The molecule has 0 fully saturated rings. The molecule has 0 saturated carbocycles. The number of rotatable bonds is 5. The van der Waals surface area contributed by atoms with Gasteiger partial charge in [0.05, 0.1) is 5.52 Å². The Morgan fingerprint density at radius 3 is 2.29 bits per heavy atom. The number of allylic oxidation sites excluding steroid dienone is 2. The molecule has 1 aliphatic carbocycles. The molecule has 1 unspecified atom stereocenters. The van der Waals surface area contributed by atoms with Gasteiger partial charge in [-0.2, -0.15) is 0 Å². The second kappa shape index (κ2) is 8.87. The van der Waals surface area contributed by atoms with Crippen LogP contribution in [-0.4, -0.2) is 15.6 Å². The number of hydrogen-bond acceptors (Lipinski definition) is 2. The number of anilines is 1.